The van der Waals surface area contributed by atoms with E-state index in [9.17, 15) is 28.8 Å². The summed E-state index contributed by atoms with van der Waals surface area (Å²) in [5.41, 5.74) is 10.1. The Labute approximate surface area is 457 Å². The third-order valence-electron chi connectivity index (χ3n) is 15.5. The highest BCUT2D eigenvalue weighted by Crippen LogP contribution is 2.42. The molecule has 15 heteroatoms. The van der Waals surface area contributed by atoms with Crippen LogP contribution in [0.1, 0.15) is 145 Å². The Morgan fingerprint density at radius 2 is 1.26 bits per heavy atom. The zero-order valence-electron chi connectivity index (χ0n) is 45.5. The first-order valence-corrected chi connectivity index (χ1v) is 27.6. The number of aryl methyl sites for hydroxylation is 3. The molecule has 0 bridgehead atoms. The number of amides is 4. The van der Waals surface area contributed by atoms with E-state index in [-0.39, 0.29) is 73.3 Å². The van der Waals surface area contributed by atoms with Crippen LogP contribution in [0.3, 0.4) is 0 Å². The van der Waals surface area contributed by atoms with E-state index in [0.29, 0.717) is 72.8 Å². The fourth-order valence-electron chi connectivity index (χ4n) is 11.3. The quantitative estimate of drug-likeness (QED) is 0.0343. The van der Waals surface area contributed by atoms with Gasteiger partial charge in [0.15, 0.2) is 17.3 Å². The maximum Gasteiger partial charge on any atom is 0.258 e. The lowest BCUT2D eigenvalue weighted by Gasteiger charge is -2.23. The Balaban J connectivity index is 0.864. The second kappa shape index (κ2) is 25.1. The third kappa shape index (κ3) is 12.8. The molecule has 4 heterocycles. The van der Waals surface area contributed by atoms with Crippen LogP contribution in [0.25, 0.3) is 0 Å². The molecule has 0 fully saturated rings. The molecule has 408 valence electrons. The van der Waals surface area contributed by atoms with Gasteiger partial charge in [-0.1, -0.05) is 48.5 Å². The summed E-state index contributed by atoms with van der Waals surface area (Å²) in [5, 5.41) is 9.49. The second-order valence-corrected chi connectivity index (χ2v) is 21.2. The van der Waals surface area contributed by atoms with E-state index >= 15 is 0 Å². The van der Waals surface area contributed by atoms with Gasteiger partial charge in [-0.2, -0.15) is 0 Å². The van der Waals surface area contributed by atoms with Gasteiger partial charge < -0.3 is 39.5 Å². The lowest BCUT2D eigenvalue weighted by molar-refractivity contribution is -0.129. The van der Waals surface area contributed by atoms with E-state index in [0.717, 1.165) is 84.1 Å². The fourth-order valence-corrected chi connectivity index (χ4v) is 11.3. The molecule has 0 aliphatic carbocycles. The van der Waals surface area contributed by atoms with E-state index in [2.05, 4.69) is 27.9 Å². The van der Waals surface area contributed by atoms with Gasteiger partial charge in [0.1, 0.15) is 31.4 Å². The summed E-state index contributed by atoms with van der Waals surface area (Å²) < 4.78 is 18.9. The number of oxime groups is 1. The minimum atomic E-state index is -0.807. The highest BCUT2D eigenvalue weighted by molar-refractivity contribution is 6.10. The summed E-state index contributed by atoms with van der Waals surface area (Å²) in [6.45, 7) is 7.68. The third-order valence-corrected chi connectivity index (χ3v) is 15.5. The highest BCUT2D eigenvalue weighted by Gasteiger charge is 2.39. The number of rotatable bonds is 24. The van der Waals surface area contributed by atoms with Gasteiger partial charge in [-0.15, -0.1) is 0 Å². The van der Waals surface area contributed by atoms with Crippen molar-refractivity contribution in [2.45, 2.75) is 149 Å². The number of fused-ring (bicyclic) bond motifs is 8. The molecule has 4 amide bonds. The number of carbonyl (C=O) groups excluding carboxylic acids is 6. The average molecular weight is 1060 g/mol. The van der Waals surface area contributed by atoms with Crippen molar-refractivity contribution in [3.05, 3.63) is 141 Å². The van der Waals surface area contributed by atoms with Crippen molar-refractivity contribution >= 4 is 58.5 Å². The summed E-state index contributed by atoms with van der Waals surface area (Å²) in [7, 11) is 1.55. The summed E-state index contributed by atoms with van der Waals surface area (Å²) in [6, 6.07) is 28.8. The van der Waals surface area contributed by atoms with Crippen LogP contribution in [0.15, 0.2) is 96.2 Å². The molecule has 4 atom stereocenters. The number of para-hydroxylation sites is 2. The number of nitrogens with zero attached hydrogens (tertiary/aromatic N) is 3. The molecule has 0 spiro atoms. The number of hydrogen-bond acceptors (Lipinski definition) is 11. The SMILES string of the molecule is CC=NOCCCCC(=O)CCCCC(=O)N[C@@H](C)C(=O)C[C@@H](C)C(=O)Nc1cc(COc2cc3c(cc2C)C(=O)N2c4ccccc4C[C@H]2CC3)cc(COc2cc3c(cc2OC)C(=O)N2c4ccccc4C[C@H]2CC3)c1. The molecule has 9 rings (SSSR count). The molecule has 15 nitrogen and oxygen atoms in total. The zero-order chi connectivity index (χ0) is 54.9. The molecule has 0 saturated heterocycles. The van der Waals surface area contributed by atoms with E-state index in [1.54, 1.807) is 40.2 Å². The lowest BCUT2D eigenvalue weighted by atomic mass is 9.98. The lowest BCUT2D eigenvalue weighted by Crippen LogP contribution is -2.39. The van der Waals surface area contributed by atoms with Crippen LogP contribution in [0.4, 0.5) is 17.1 Å². The smallest absolute Gasteiger partial charge is 0.258 e. The summed E-state index contributed by atoms with van der Waals surface area (Å²) in [4.78, 5) is 89.6. The Kier molecular flexibility index (Phi) is 17.7. The molecular weight excluding hydrogens is 987 g/mol. The fraction of sp³-hybridized carbons (Fsp3) is 0.413. The van der Waals surface area contributed by atoms with Crippen LogP contribution >= 0.6 is 0 Å². The number of hydrogen-bond donors (Lipinski definition) is 2. The van der Waals surface area contributed by atoms with Crippen molar-refractivity contribution in [3.8, 4) is 17.2 Å². The number of methoxy groups -OCH3 is 1. The molecule has 4 aliphatic rings. The van der Waals surface area contributed by atoms with Gasteiger partial charge in [-0.3, -0.25) is 28.8 Å². The van der Waals surface area contributed by atoms with E-state index in [1.807, 2.05) is 89.5 Å². The van der Waals surface area contributed by atoms with E-state index in [1.165, 1.54) is 11.1 Å². The first kappa shape index (κ1) is 55.0. The Morgan fingerprint density at radius 3 is 1.87 bits per heavy atom. The van der Waals surface area contributed by atoms with Crippen LogP contribution in [0, 0.1) is 12.8 Å². The van der Waals surface area contributed by atoms with Crippen LogP contribution in [0.5, 0.6) is 17.2 Å². The van der Waals surface area contributed by atoms with Crippen molar-refractivity contribution in [1.82, 2.24) is 5.32 Å². The van der Waals surface area contributed by atoms with Crippen LogP contribution in [0.2, 0.25) is 0 Å². The average Bonchev–Trinajstić information content (AvgIpc) is 3.99. The predicted octanol–water partition coefficient (Wildman–Crippen LogP) is 10.6. The van der Waals surface area contributed by atoms with Crippen molar-refractivity contribution < 1.29 is 47.8 Å². The van der Waals surface area contributed by atoms with E-state index < -0.39 is 12.0 Å². The zero-order valence-corrected chi connectivity index (χ0v) is 45.5. The molecule has 5 aromatic carbocycles. The molecule has 0 saturated carbocycles. The van der Waals surface area contributed by atoms with Crippen molar-refractivity contribution in [2.75, 3.05) is 28.8 Å². The van der Waals surface area contributed by atoms with Crippen molar-refractivity contribution in [2.24, 2.45) is 11.1 Å². The van der Waals surface area contributed by atoms with Gasteiger partial charge in [0.25, 0.3) is 11.8 Å². The molecule has 2 N–H and O–H groups in total. The molecule has 4 aliphatic heterocycles. The number of ketones is 2. The molecule has 78 heavy (non-hydrogen) atoms. The van der Waals surface area contributed by atoms with Gasteiger partial charge in [0.05, 0.1) is 13.2 Å². The minimum Gasteiger partial charge on any atom is -0.493 e. The number of benzene rings is 5. The summed E-state index contributed by atoms with van der Waals surface area (Å²) in [5.74, 6) is -0.0421. The Hall–Kier alpha value is -7.81. The first-order valence-electron chi connectivity index (χ1n) is 27.6. The maximum atomic E-state index is 14.2. The van der Waals surface area contributed by atoms with Crippen LogP contribution < -0.4 is 34.6 Å². The monoisotopic (exact) mass is 1060 g/mol. The van der Waals surface area contributed by atoms with Gasteiger partial charge in [-0.05, 0) is 179 Å². The van der Waals surface area contributed by atoms with Crippen LogP contribution in [-0.4, -0.2) is 73.3 Å². The standard InChI is InChI=1S/C63H71N5O10/c1-6-64-78-26-14-13-18-51(69)17-9-12-21-60(71)65-41(4)56(70)28-40(3)61(72)66-48-30-42(37-76-57-34-44-22-24-49-32-46-15-7-10-19-54(46)67(49)62(73)52(44)27-39(57)2)29-43(31-48)38-77-59-35-45-23-25-50-33-47-16-8-11-20-55(47)68(50)63(74)53(45)36-58(59)75-5/h6-8,10-11,15-16,19-20,27,29-31,34-36,40-41,49-50H,9,12-14,17-18,21-26,28,32-33,37-38H2,1-5H3,(H,65,71)(H,66,72)/t40-,41+,49-,50-/m1/s1. The number of nitrogens with one attached hydrogen (secondary N) is 2. The summed E-state index contributed by atoms with van der Waals surface area (Å²) >= 11 is 0. The molecule has 0 unspecified atom stereocenters. The molecule has 5 aromatic rings. The van der Waals surface area contributed by atoms with Gasteiger partial charge in [0, 0.05) is 78.1 Å². The topological polar surface area (TPSA) is 182 Å². The number of Topliss-reactive ketones (excluding diaryl/α,β-unsaturated/α-hetero) is 2. The van der Waals surface area contributed by atoms with E-state index in [4.69, 9.17) is 19.0 Å². The largest absolute Gasteiger partial charge is 0.493 e. The molecule has 0 aromatic heterocycles. The van der Waals surface area contributed by atoms with Gasteiger partial charge in [0.2, 0.25) is 11.8 Å². The van der Waals surface area contributed by atoms with Crippen LogP contribution in [-0.2, 0) is 62.9 Å². The minimum absolute atomic E-state index is 0.00309. The van der Waals surface area contributed by atoms with Gasteiger partial charge >= 0.3 is 0 Å². The number of unbranched alkanes of at least 4 members (excludes halogenated alkanes) is 2. The number of carbonyl (C=O) groups is 6. The van der Waals surface area contributed by atoms with Crippen molar-refractivity contribution in [1.29, 1.82) is 0 Å². The Morgan fingerprint density at radius 1 is 0.692 bits per heavy atom. The normalized spacial score (nSPS) is 16.8. The second-order valence-electron chi connectivity index (χ2n) is 21.2. The predicted molar refractivity (Wildman–Crippen MR) is 300 cm³/mol. The Bertz CT molecular complexity index is 3110. The molecular formula is C63H71N5O10. The van der Waals surface area contributed by atoms with Gasteiger partial charge in [-0.25, -0.2) is 0 Å². The molecule has 0 radical (unpaired) electrons. The highest BCUT2D eigenvalue weighted by atomic mass is 16.6. The number of anilines is 3. The van der Waals surface area contributed by atoms with Crippen molar-refractivity contribution in [3.63, 3.8) is 0 Å². The summed E-state index contributed by atoms with van der Waals surface area (Å²) in [6.07, 6.45) is 9.74. The number of ether oxygens (including phenoxy) is 3. The maximum absolute atomic E-state index is 14.2. The first-order chi connectivity index (χ1) is 37.8.